The SMILES string of the molecule is CC(C)CCCCNCc1cccc(Cl)c1. The van der Waals surface area contributed by atoms with Crippen molar-refractivity contribution in [2.24, 2.45) is 5.92 Å². The summed E-state index contributed by atoms with van der Waals surface area (Å²) in [5.41, 5.74) is 1.26. The summed E-state index contributed by atoms with van der Waals surface area (Å²) in [5, 5.41) is 4.26. The van der Waals surface area contributed by atoms with Gasteiger partial charge >= 0.3 is 0 Å². The van der Waals surface area contributed by atoms with Crippen LogP contribution in [0.4, 0.5) is 0 Å². The zero-order valence-electron chi connectivity index (χ0n) is 10.3. The standard InChI is InChI=1S/C14H22ClN/c1-12(2)6-3-4-9-16-11-13-7-5-8-14(15)10-13/h5,7-8,10,12,16H,3-4,6,9,11H2,1-2H3. The maximum absolute atomic E-state index is 5.91. The highest BCUT2D eigenvalue weighted by Crippen LogP contribution is 2.10. The van der Waals surface area contributed by atoms with Crippen molar-refractivity contribution in [2.75, 3.05) is 6.54 Å². The second-order valence-corrected chi connectivity index (χ2v) is 5.13. The quantitative estimate of drug-likeness (QED) is 0.702. The largest absolute Gasteiger partial charge is 0.313 e. The van der Waals surface area contributed by atoms with Crippen molar-refractivity contribution in [1.29, 1.82) is 0 Å². The minimum Gasteiger partial charge on any atom is -0.313 e. The van der Waals surface area contributed by atoms with Crippen LogP contribution in [0.1, 0.15) is 38.7 Å². The number of hydrogen-bond acceptors (Lipinski definition) is 1. The molecule has 0 bridgehead atoms. The van der Waals surface area contributed by atoms with Crippen LogP contribution in [-0.4, -0.2) is 6.54 Å². The lowest BCUT2D eigenvalue weighted by molar-refractivity contribution is 0.520. The van der Waals surface area contributed by atoms with Gasteiger partial charge in [0.25, 0.3) is 0 Å². The Kier molecular flexibility index (Phi) is 6.51. The molecule has 0 heterocycles. The predicted octanol–water partition coefficient (Wildman–Crippen LogP) is 4.26. The Morgan fingerprint density at radius 3 is 2.75 bits per heavy atom. The van der Waals surface area contributed by atoms with Gasteiger partial charge in [-0.3, -0.25) is 0 Å². The third-order valence-corrected chi connectivity index (χ3v) is 2.84. The zero-order chi connectivity index (χ0) is 11.8. The van der Waals surface area contributed by atoms with E-state index in [-0.39, 0.29) is 0 Å². The maximum Gasteiger partial charge on any atom is 0.0409 e. The molecule has 0 atom stereocenters. The first-order valence-corrected chi connectivity index (χ1v) is 6.51. The van der Waals surface area contributed by atoms with Crippen LogP contribution in [0.3, 0.4) is 0 Å². The van der Waals surface area contributed by atoms with Crippen LogP contribution < -0.4 is 5.32 Å². The van der Waals surface area contributed by atoms with Crippen LogP contribution in [-0.2, 0) is 6.54 Å². The van der Waals surface area contributed by atoms with Gasteiger partial charge in [-0.1, -0.05) is 50.4 Å². The number of rotatable bonds is 7. The van der Waals surface area contributed by atoms with Gasteiger partial charge in [0.2, 0.25) is 0 Å². The highest BCUT2D eigenvalue weighted by atomic mass is 35.5. The van der Waals surface area contributed by atoms with Crippen LogP contribution in [0.5, 0.6) is 0 Å². The molecule has 1 rings (SSSR count). The molecule has 0 aliphatic carbocycles. The van der Waals surface area contributed by atoms with Gasteiger partial charge in [-0.2, -0.15) is 0 Å². The van der Waals surface area contributed by atoms with Crippen molar-refractivity contribution in [1.82, 2.24) is 5.32 Å². The number of unbranched alkanes of at least 4 members (excludes halogenated alkanes) is 1. The minimum absolute atomic E-state index is 0.819. The predicted molar refractivity (Wildman–Crippen MR) is 71.8 cm³/mol. The van der Waals surface area contributed by atoms with E-state index in [9.17, 15) is 0 Å². The summed E-state index contributed by atoms with van der Waals surface area (Å²) < 4.78 is 0. The molecule has 0 aromatic heterocycles. The van der Waals surface area contributed by atoms with E-state index in [4.69, 9.17) is 11.6 Å². The molecule has 1 N–H and O–H groups in total. The molecule has 1 aromatic carbocycles. The summed E-state index contributed by atoms with van der Waals surface area (Å²) in [7, 11) is 0. The first-order chi connectivity index (χ1) is 7.68. The second kappa shape index (κ2) is 7.70. The van der Waals surface area contributed by atoms with E-state index < -0.39 is 0 Å². The molecule has 0 fully saturated rings. The lowest BCUT2D eigenvalue weighted by Crippen LogP contribution is -2.14. The molecule has 1 aromatic rings. The lowest BCUT2D eigenvalue weighted by Gasteiger charge is -2.06. The van der Waals surface area contributed by atoms with Gasteiger partial charge in [-0.25, -0.2) is 0 Å². The Hall–Kier alpha value is -0.530. The van der Waals surface area contributed by atoms with E-state index in [1.165, 1.54) is 24.8 Å². The molecule has 0 aliphatic rings. The maximum atomic E-state index is 5.91. The van der Waals surface area contributed by atoms with Gasteiger partial charge in [-0.15, -0.1) is 0 Å². The van der Waals surface area contributed by atoms with Crippen molar-refractivity contribution in [3.8, 4) is 0 Å². The monoisotopic (exact) mass is 239 g/mol. The van der Waals surface area contributed by atoms with Gasteiger partial charge in [0.15, 0.2) is 0 Å². The van der Waals surface area contributed by atoms with Gasteiger partial charge in [0.1, 0.15) is 0 Å². The van der Waals surface area contributed by atoms with Crippen LogP contribution in [0, 0.1) is 5.92 Å². The molecule has 16 heavy (non-hydrogen) atoms. The fourth-order valence-corrected chi connectivity index (χ4v) is 1.90. The molecule has 0 radical (unpaired) electrons. The second-order valence-electron chi connectivity index (χ2n) is 4.70. The first kappa shape index (κ1) is 13.5. The average molecular weight is 240 g/mol. The number of nitrogens with one attached hydrogen (secondary N) is 1. The minimum atomic E-state index is 0.819. The fraction of sp³-hybridized carbons (Fsp3) is 0.571. The summed E-state index contributed by atoms with van der Waals surface area (Å²) in [6, 6.07) is 8.03. The molecule has 0 unspecified atom stereocenters. The summed E-state index contributed by atoms with van der Waals surface area (Å²) in [6.45, 7) is 6.57. The van der Waals surface area contributed by atoms with Crippen molar-refractivity contribution >= 4 is 11.6 Å². The highest BCUT2D eigenvalue weighted by Gasteiger charge is 1.95. The lowest BCUT2D eigenvalue weighted by atomic mass is 10.1. The van der Waals surface area contributed by atoms with Gasteiger partial charge < -0.3 is 5.32 Å². The van der Waals surface area contributed by atoms with Crippen LogP contribution in [0.15, 0.2) is 24.3 Å². The summed E-state index contributed by atoms with van der Waals surface area (Å²) >= 11 is 5.91. The summed E-state index contributed by atoms with van der Waals surface area (Å²) in [4.78, 5) is 0. The first-order valence-electron chi connectivity index (χ1n) is 6.13. The molecule has 0 spiro atoms. The molecular formula is C14H22ClN. The zero-order valence-corrected chi connectivity index (χ0v) is 11.1. The number of hydrogen-bond donors (Lipinski definition) is 1. The Balaban J connectivity index is 2.07. The van der Waals surface area contributed by atoms with E-state index in [2.05, 4.69) is 25.2 Å². The highest BCUT2D eigenvalue weighted by molar-refractivity contribution is 6.30. The summed E-state index contributed by atoms with van der Waals surface area (Å²) in [6.07, 6.45) is 3.91. The number of halogens is 1. The molecule has 1 nitrogen and oxygen atoms in total. The Morgan fingerprint density at radius 2 is 2.06 bits per heavy atom. The third-order valence-electron chi connectivity index (χ3n) is 2.60. The van der Waals surface area contributed by atoms with Crippen LogP contribution in [0.2, 0.25) is 5.02 Å². The van der Waals surface area contributed by atoms with Crippen LogP contribution >= 0.6 is 11.6 Å². The van der Waals surface area contributed by atoms with Gasteiger partial charge in [-0.05, 0) is 36.6 Å². The van der Waals surface area contributed by atoms with E-state index in [1.54, 1.807) is 0 Å². The van der Waals surface area contributed by atoms with E-state index in [1.807, 2.05) is 18.2 Å². The molecule has 0 amide bonds. The van der Waals surface area contributed by atoms with E-state index >= 15 is 0 Å². The van der Waals surface area contributed by atoms with Crippen molar-refractivity contribution in [2.45, 2.75) is 39.7 Å². The Morgan fingerprint density at radius 1 is 1.25 bits per heavy atom. The van der Waals surface area contributed by atoms with E-state index in [0.29, 0.717) is 0 Å². The molecule has 0 saturated carbocycles. The van der Waals surface area contributed by atoms with Crippen molar-refractivity contribution < 1.29 is 0 Å². The van der Waals surface area contributed by atoms with Crippen molar-refractivity contribution in [3.05, 3.63) is 34.9 Å². The number of benzene rings is 1. The Bertz CT molecular complexity index is 297. The summed E-state index contributed by atoms with van der Waals surface area (Å²) in [5.74, 6) is 0.827. The molecule has 2 heteroatoms. The topological polar surface area (TPSA) is 12.0 Å². The normalized spacial score (nSPS) is 11.0. The fourth-order valence-electron chi connectivity index (χ4n) is 1.68. The third kappa shape index (κ3) is 6.14. The Labute approximate surface area is 104 Å². The van der Waals surface area contributed by atoms with Gasteiger partial charge in [0.05, 0.1) is 0 Å². The van der Waals surface area contributed by atoms with Crippen LogP contribution in [0.25, 0.3) is 0 Å². The van der Waals surface area contributed by atoms with E-state index in [0.717, 1.165) is 24.0 Å². The molecule has 90 valence electrons. The molecule has 0 saturated heterocycles. The van der Waals surface area contributed by atoms with Crippen molar-refractivity contribution in [3.63, 3.8) is 0 Å². The average Bonchev–Trinajstić information content (AvgIpc) is 2.23. The molecule has 0 aliphatic heterocycles. The van der Waals surface area contributed by atoms with Gasteiger partial charge in [0, 0.05) is 11.6 Å². The smallest absolute Gasteiger partial charge is 0.0409 e. The molecular weight excluding hydrogens is 218 g/mol.